The molecule has 0 spiro atoms. The number of rotatable bonds is 27. The van der Waals surface area contributed by atoms with E-state index in [4.69, 9.17) is 0 Å². The van der Waals surface area contributed by atoms with Crippen LogP contribution in [0.2, 0.25) is 0 Å². The van der Waals surface area contributed by atoms with E-state index in [1.54, 1.807) is 0 Å². The Hall–Kier alpha value is -0.870. The van der Waals surface area contributed by atoms with E-state index in [1.165, 1.54) is 128 Å². The number of aliphatic hydroxyl groups is 1. The van der Waals surface area contributed by atoms with Gasteiger partial charge in [-0.1, -0.05) is 135 Å². The molecule has 5 heteroatoms. The molecule has 1 unspecified atom stereocenters. The van der Waals surface area contributed by atoms with Crippen LogP contribution in [0, 0.1) is 0 Å². The van der Waals surface area contributed by atoms with Crippen molar-refractivity contribution in [2.24, 2.45) is 0 Å². The average Bonchev–Trinajstić information content (AvgIpc) is 3.36. The Labute approximate surface area is 255 Å². The monoisotopic (exact) mass is 582 g/mol. The predicted molar refractivity (Wildman–Crippen MR) is 169 cm³/mol. The molecule has 0 saturated carbocycles. The van der Waals surface area contributed by atoms with Gasteiger partial charge in [-0.2, -0.15) is 4.90 Å². The highest BCUT2D eigenvalue weighted by molar-refractivity contribution is 5.96. The summed E-state index contributed by atoms with van der Waals surface area (Å²) < 4.78 is 2.05. The van der Waals surface area contributed by atoms with Gasteiger partial charge in [0.05, 0.1) is 0 Å². The maximum Gasteiger partial charge on any atom is 0.309 e. The van der Waals surface area contributed by atoms with Crippen LogP contribution in [-0.2, 0) is 4.79 Å². The average molecular weight is 583 g/mol. The Morgan fingerprint density at radius 2 is 1.15 bits per heavy atom. The summed E-state index contributed by atoms with van der Waals surface area (Å²) in [6, 6.07) is 0. The number of aliphatic hydroxyl groups excluding tert-OH is 1. The fourth-order valence-electron chi connectivity index (χ4n) is 5.82. The van der Waals surface area contributed by atoms with Crippen LogP contribution >= 0.6 is 0 Å². The van der Waals surface area contributed by atoms with Gasteiger partial charge in [0.1, 0.15) is 13.1 Å². The number of nitrogens with zero attached hydrogens (tertiary/aromatic N) is 2. The molecule has 0 fully saturated rings. The minimum Gasteiger partial charge on any atom is -1.00 e. The number of amides is 1. The van der Waals surface area contributed by atoms with E-state index in [0.29, 0.717) is 6.42 Å². The zero-order chi connectivity index (χ0) is 28.4. The van der Waals surface area contributed by atoms with E-state index in [9.17, 15) is 9.90 Å². The second kappa shape index (κ2) is 28.3. The first-order valence-electron chi connectivity index (χ1n) is 17.4. The first-order chi connectivity index (χ1) is 19.1. The van der Waals surface area contributed by atoms with Crippen LogP contribution < -0.4 is 12.4 Å². The molecule has 1 aliphatic heterocycles. The lowest BCUT2D eigenvalue weighted by Gasteiger charge is -2.13. The van der Waals surface area contributed by atoms with E-state index in [1.807, 2.05) is 16.4 Å². The number of carbonyl (C=O) groups is 1. The number of amidine groups is 1. The summed E-state index contributed by atoms with van der Waals surface area (Å²) in [5, 5.41) is 10.3. The standard InChI is InChI=1S/C35H67N2O2.ClH/c1-4-6-8-10-12-14-16-17-18-19-20-22-24-26-28-30-35(39)37-32-31-36(33(3)38)34(37)29-27-25-23-21-15-13-11-9-7-5-2;/h17-18,33,38H,4-16,19-32H2,1-3H3;1H/q+1;/p-1. The number of carbonyl (C=O) groups excluding carboxylic acids is 1. The van der Waals surface area contributed by atoms with Gasteiger partial charge in [0, 0.05) is 19.8 Å². The van der Waals surface area contributed by atoms with Crippen molar-refractivity contribution < 1.29 is 26.9 Å². The van der Waals surface area contributed by atoms with Crippen LogP contribution in [0.15, 0.2) is 12.2 Å². The highest BCUT2D eigenvalue weighted by Gasteiger charge is 2.36. The quantitative estimate of drug-likeness (QED) is 0.0648. The zero-order valence-corrected chi connectivity index (χ0v) is 27.7. The molecule has 1 heterocycles. The van der Waals surface area contributed by atoms with Crippen molar-refractivity contribution in [3.8, 4) is 0 Å². The van der Waals surface area contributed by atoms with E-state index >= 15 is 0 Å². The third kappa shape index (κ3) is 20.1. The van der Waals surface area contributed by atoms with Gasteiger partial charge in [-0.25, -0.2) is 9.37 Å². The van der Waals surface area contributed by atoms with Crippen molar-refractivity contribution in [3.05, 3.63) is 12.2 Å². The van der Waals surface area contributed by atoms with Gasteiger partial charge in [-0.15, -0.1) is 0 Å². The molecule has 1 amide bonds. The molecule has 40 heavy (non-hydrogen) atoms. The lowest BCUT2D eigenvalue weighted by Crippen LogP contribution is -3.00. The van der Waals surface area contributed by atoms with Crippen molar-refractivity contribution in [1.82, 2.24) is 4.90 Å². The first kappa shape index (κ1) is 39.1. The molecule has 1 N–H and O–H groups in total. The topological polar surface area (TPSA) is 43.5 Å². The highest BCUT2D eigenvalue weighted by Crippen LogP contribution is 2.17. The third-order valence-corrected chi connectivity index (χ3v) is 8.37. The van der Waals surface area contributed by atoms with Crippen LogP contribution in [0.1, 0.15) is 181 Å². The molecular weight excluding hydrogens is 516 g/mol. The van der Waals surface area contributed by atoms with Crippen molar-refractivity contribution in [1.29, 1.82) is 0 Å². The largest absolute Gasteiger partial charge is 1.00 e. The number of halogens is 1. The van der Waals surface area contributed by atoms with Crippen LogP contribution in [0.3, 0.4) is 0 Å². The molecule has 0 radical (unpaired) electrons. The summed E-state index contributed by atoms with van der Waals surface area (Å²) in [4.78, 5) is 15.0. The maximum atomic E-state index is 13.0. The Balaban J connectivity index is 0.0000152. The van der Waals surface area contributed by atoms with Crippen LogP contribution in [0.25, 0.3) is 0 Å². The molecule has 1 aliphatic rings. The lowest BCUT2D eigenvalue weighted by molar-refractivity contribution is -0.597. The van der Waals surface area contributed by atoms with Gasteiger partial charge >= 0.3 is 5.91 Å². The van der Waals surface area contributed by atoms with Crippen LogP contribution in [0.5, 0.6) is 0 Å². The Kier molecular flexibility index (Phi) is 27.6. The third-order valence-electron chi connectivity index (χ3n) is 8.37. The molecule has 0 aromatic heterocycles. The second-order valence-corrected chi connectivity index (χ2v) is 12.1. The fraction of sp³-hybridized carbons (Fsp3) is 0.886. The van der Waals surface area contributed by atoms with Gasteiger partial charge in [0.15, 0.2) is 6.23 Å². The molecule has 0 aromatic carbocycles. The van der Waals surface area contributed by atoms with E-state index in [2.05, 4.69) is 26.0 Å². The molecule has 1 atom stereocenters. The summed E-state index contributed by atoms with van der Waals surface area (Å²) in [6.07, 6.45) is 35.6. The summed E-state index contributed by atoms with van der Waals surface area (Å²) in [5.41, 5.74) is 0. The number of hydrogen-bond donors (Lipinski definition) is 1. The SMILES string of the molecule is CCCCCCCCC=CCCCCCCCC(=O)N1CC[N+](C(C)O)=C1CCCCCCCCCCCC.[Cl-]. The Morgan fingerprint density at radius 1 is 0.725 bits per heavy atom. The maximum absolute atomic E-state index is 13.0. The molecule has 1 rings (SSSR count). The van der Waals surface area contributed by atoms with Crippen molar-refractivity contribution in [2.75, 3.05) is 13.1 Å². The molecule has 236 valence electrons. The summed E-state index contributed by atoms with van der Waals surface area (Å²) in [7, 11) is 0. The fourth-order valence-corrected chi connectivity index (χ4v) is 5.82. The van der Waals surface area contributed by atoms with Crippen molar-refractivity contribution >= 4 is 11.7 Å². The van der Waals surface area contributed by atoms with E-state index < -0.39 is 6.23 Å². The second-order valence-electron chi connectivity index (χ2n) is 12.1. The van der Waals surface area contributed by atoms with Gasteiger partial charge in [-0.05, 0) is 38.5 Å². The molecular formula is C35H67ClN2O2. The van der Waals surface area contributed by atoms with Gasteiger partial charge in [-0.3, -0.25) is 0 Å². The predicted octanol–water partition coefficient (Wildman–Crippen LogP) is 6.93. The van der Waals surface area contributed by atoms with Crippen molar-refractivity contribution in [2.45, 2.75) is 188 Å². The molecule has 4 nitrogen and oxygen atoms in total. The zero-order valence-electron chi connectivity index (χ0n) is 27.0. The van der Waals surface area contributed by atoms with E-state index in [-0.39, 0.29) is 18.3 Å². The van der Waals surface area contributed by atoms with E-state index in [0.717, 1.165) is 44.6 Å². The number of hydrogen-bond acceptors (Lipinski definition) is 2. The summed E-state index contributed by atoms with van der Waals surface area (Å²) in [5.74, 6) is 1.33. The van der Waals surface area contributed by atoms with Crippen LogP contribution in [-0.4, -0.2) is 45.6 Å². The van der Waals surface area contributed by atoms with Gasteiger partial charge in [0.2, 0.25) is 0 Å². The lowest BCUT2D eigenvalue weighted by atomic mass is 10.1. The molecule has 0 bridgehead atoms. The molecule has 0 saturated heterocycles. The minimum atomic E-state index is -0.513. The first-order valence-corrected chi connectivity index (χ1v) is 17.4. The number of unbranched alkanes of at least 4 members (excludes halogenated alkanes) is 20. The van der Waals surface area contributed by atoms with Gasteiger partial charge < -0.3 is 17.5 Å². The summed E-state index contributed by atoms with van der Waals surface area (Å²) >= 11 is 0. The smallest absolute Gasteiger partial charge is 0.309 e. The molecule has 0 aliphatic carbocycles. The van der Waals surface area contributed by atoms with Crippen LogP contribution in [0.4, 0.5) is 0 Å². The van der Waals surface area contributed by atoms with Crippen molar-refractivity contribution in [3.63, 3.8) is 0 Å². The molecule has 0 aromatic rings. The Bertz CT molecular complexity index is 647. The highest BCUT2D eigenvalue weighted by atomic mass is 35.5. The minimum absolute atomic E-state index is 0. The Morgan fingerprint density at radius 3 is 1.62 bits per heavy atom. The number of allylic oxidation sites excluding steroid dienone is 2. The van der Waals surface area contributed by atoms with Gasteiger partial charge in [0.25, 0.3) is 5.84 Å². The normalized spacial score (nSPS) is 14.3. The summed E-state index contributed by atoms with van der Waals surface area (Å²) in [6.45, 7) is 7.88.